The summed E-state index contributed by atoms with van der Waals surface area (Å²) in [6.45, 7) is 3.96. The third-order valence-electron chi connectivity index (χ3n) is 3.21. The van der Waals surface area contributed by atoms with E-state index in [-0.39, 0.29) is 36.1 Å². The molecule has 0 spiro atoms. The lowest BCUT2D eigenvalue weighted by Crippen LogP contribution is -2.32. The van der Waals surface area contributed by atoms with Crippen molar-refractivity contribution in [2.75, 3.05) is 0 Å². The van der Waals surface area contributed by atoms with E-state index in [2.05, 4.69) is 10.3 Å². The van der Waals surface area contributed by atoms with E-state index in [9.17, 15) is 13.6 Å². The van der Waals surface area contributed by atoms with Crippen LogP contribution in [0.25, 0.3) is 0 Å². The molecule has 1 unspecified atom stereocenters. The van der Waals surface area contributed by atoms with Gasteiger partial charge in [-0.15, -0.1) is 23.7 Å². The molecule has 0 aliphatic carbocycles. The minimum atomic E-state index is -0.681. The maximum Gasteiger partial charge on any atom is 0.271 e. The molecule has 2 aromatic rings. The molecule has 1 heterocycles. The van der Waals surface area contributed by atoms with Crippen LogP contribution in [0.4, 0.5) is 8.78 Å². The van der Waals surface area contributed by atoms with E-state index in [1.54, 1.807) is 5.38 Å². The van der Waals surface area contributed by atoms with Crippen molar-refractivity contribution in [1.29, 1.82) is 0 Å². The van der Waals surface area contributed by atoms with Crippen LogP contribution in [0.15, 0.2) is 23.6 Å². The first-order valence-corrected chi connectivity index (χ1v) is 7.70. The van der Waals surface area contributed by atoms with Crippen molar-refractivity contribution in [3.05, 3.63) is 51.5 Å². The molecule has 2 rings (SSSR count). The Kier molecular flexibility index (Phi) is 7.05. The van der Waals surface area contributed by atoms with Gasteiger partial charge >= 0.3 is 0 Å². The molecule has 1 aromatic carbocycles. The van der Waals surface area contributed by atoms with Gasteiger partial charge in [0.2, 0.25) is 0 Å². The van der Waals surface area contributed by atoms with Gasteiger partial charge in [-0.3, -0.25) is 4.79 Å². The quantitative estimate of drug-likeness (QED) is 0.857. The van der Waals surface area contributed by atoms with E-state index in [1.807, 2.05) is 13.8 Å². The second-order valence-corrected chi connectivity index (χ2v) is 6.13. The first-order chi connectivity index (χ1) is 10.4. The molecule has 0 aliphatic rings. The molecule has 23 heavy (non-hydrogen) atoms. The van der Waals surface area contributed by atoms with Gasteiger partial charge in [-0.05, 0) is 12.0 Å². The highest BCUT2D eigenvalue weighted by Crippen LogP contribution is 2.25. The maximum atomic E-state index is 14.0. The molecule has 0 fully saturated rings. The van der Waals surface area contributed by atoms with Crippen LogP contribution < -0.4 is 11.1 Å². The number of rotatable bonds is 5. The Labute approximate surface area is 143 Å². The predicted octanol–water partition coefficient (Wildman–Crippen LogP) is 3.43. The molecule has 1 amide bonds. The van der Waals surface area contributed by atoms with Crippen LogP contribution in [0.3, 0.4) is 0 Å². The fourth-order valence-corrected chi connectivity index (χ4v) is 2.74. The summed E-state index contributed by atoms with van der Waals surface area (Å²) < 4.78 is 27.0. The monoisotopic (exact) mass is 361 g/mol. The number of thiazole rings is 1. The zero-order valence-electron chi connectivity index (χ0n) is 12.7. The summed E-state index contributed by atoms with van der Waals surface area (Å²) in [6.07, 6.45) is 0. The number of nitrogens with two attached hydrogens (primary N) is 1. The minimum absolute atomic E-state index is 0. The highest BCUT2D eigenvalue weighted by molar-refractivity contribution is 7.09. The standard InChI is InChI=1S/C15H17F2N3OS.ClH/c1-8(2)14(10-4-3-9(16)5-11(10)17)20-15(21)12-7-22-13(6-18)19-12;/h3-5,7-8,14H,6,18H2,1-2H3,(H,20,21);1H. The van der Waals surface area contributed by atoms with Gasteiger partial charge in [0.1, 0.15) is 22.3 Å². The molecule has 0 saturated heterocycles. The van der Waals surface area contributed by atoms with Gasteiger partial charge in [-0.2, -0.15) is 0 Å². The smallest absolute Gasteiger partial charge is 0.271 e. The van der Waals surface area contributed by atoms with Gasteiger partial charge in [0.25, 0.3) is 5.91 Å². The Balaban J connectivity index is 0.00000264. The predicted molar refractivity (Wildman–Crippen MR) is 88.7 cm³/mol. The van der Waals surface area contributed by atoms with E-state index >= 15 is 0 Å². The highest BCUT2D eigenvalue weighted by atomic mass is 35.5. The Morgan fingerprint density at radius 1 is 1.39 bits per heavy atom. The maximum absolute atomic E-state index is 14.0. The van der Waals surface area contributed by atoms with Crippen molar-refractivity contribution in [3.63, 3.8) is 0 Å². The average molecular weight is 362 g/mol. The molecule has 8 heteroatoms. The first kappa shape index (κ1) is 19.5. The number of hydrogen-bond acceptors (Lipinski definition) is 4. The van der Waals surface area contributed by atoms with Gasteiger partial charge in [0, 0.05) is 23.6 Å². The lowest BCUT2D eigenvalue weighted by molar-refractivity contribution is 0.0920. The van der Waals surface area contributed by atoms with Crippen LogP contribution in [-0.2, 0) is 6.54 Å². The van der Waals surface area contributed by atoms with Crippen molar-refractivity contribution in [1.82, 2.24) is 10.3 Å². The van der Waals surface area contributed by atoms with Gasteiger partial charge in [0.05, 0.1) is 6.04 Å². The van der Waals surface area contributed by atoms with Gasteiger partial charge in [-0.25, -0.2) is 13.8 Å². The van der Waals surface area contributed by atoms with Crippen LogP contribution in [0.1, 0.15) is 40.9 Å². The topological polar surface area (TPSA) is 68.0 Å². The summed E-state index contributed by atoms with van der Waals surface area (Å²) in [5.41, 5.74) is 5.97. The number of nitrogens with zero attached hydrogens (tertiary/aromatic N) is 1. The van der Waals surface area contributed by atoms with E-state index in [4.69, 9.17) is 5.73 Å². The van der Waals surface area contributed by atoms with Crippen molar-refractivity contribution in [3.8, 4) is 0 Å². The molecule has 0 radical (unpaired) electrons. The van der Waals surface area contributed by atoms with Crippen LogP contribution >= 0.6 is 23.7 Å². The molecule has 126 valence electrons. The van der Waals surface area contributed by atoms with E-state index in [1.165, 1.54) is 23.5 Å². The summed E-state index contributed by atoms with van der Waals surface area (Å²) in [5, 5.41) is 5.01. The summed E-state index contributed by atoms with van der Waals surface area (Å²) in [4.78, 5) is 16.3. The number of amides is 1. The molecule has 0 aliphatic heterocycles. The molecule has 3 N–H and O–H groups in total. The Bertz CT molecular complexity index is 678. The second kappa shape index (κ2) is 8.33. The van der Waals surface area contributed by atoms with Gasteiger partial charge in [-0.1, -0.05) is 19.9 Å². The van der Waals surface area contributed by atoms with Crippen molar-refractivity contribution in [2.24, 2.45) is 11.7 Å². The van der Waals surface area contributed by atoms with Crippen molar-refractivity contribution >= 4 is 29.7 Å². The largest absolute Gasteiger partial charge is 0.344 e. The molecular formula is C15H18ClF2N3OS. The molecule has 4 nitrogen and oxygen atoms in total. The molecular weight excluding hydrogens is 344 g/mol. The molecule has 1 aromatic heterocycles. The number of halogens is 3. The van der Waals surface area contributed by atoms with Crippen LogP contribution in [-0.4, -0.2) is 10.9 Å². The fraction of sp³-hybridized carbons (Fsp3) is 0.333. The summed E-state index contributed by atoms with van der Waals surface area (Å²) in [5.74, 6) is -1.81. The number of benzene rings is 1. The lowest BCUT2D eigenvalue weighted by Gasteiger charge is -2.23. The Morgan fingerprint density at radius 3 is 2.61 bits per heavy atom. The molecule has 0 bridgehead atoms. The van der Waals surface area contributed by atoms with Crippen molar-refractivity contribution in [2.45, 2.75) is 26.4 Å². The average Bonchev–Trinajstić information content (AvgIpc) is 2.94. The molecule has 1 atom stereocenters. The summed E-state index contributed by atoms with van der Waals surface area (Å²) in [7, 11) is 0. The van der Waals surface area contributed by atoms with E-state index in [0.29, 0.717) is 5.01 Å². The fourth-order valence-electron chi connectivity index (χ4n) is 2.08. The Morgan fingerprint density at radius 2 is 2.09 bits per heavy atom. The van der Waals surface area contributed by atoms with Crippen LogP contribution in [0.5, 0.6) is 0 Å². The number of aromatic nitrogens is 1. The summed E-state index contributed by atoms with van der Waals surface area (Å²) in [6, 6.07) is 2.76. The van der Waals surface area contributed by atoms with Gasteiger partial charge < -0.3 is 11.1 Å². The Hall–Kier alpha value is -1.57. The lowest BCUT2D eigenvalue weighted by atomic mass is 9.95. The number of nitrogens with one attached hydrogen (secondary N) is 1. The zero-order valence-corrected chi connectivity index (χ0v) is 14.3. The number of carbonyl (C=O) groups excluding carboxylic acids is 1. The third-order valence-corrected chi connectivity index (χ3v) is 4.08. The van der Waals surface area contributed by atoms with E-state index in [0.717, 1.165) is 6.07 Å². The van der Waals surface area contributed by atoms with Gasteiger partial charge in [0.15, 0.2) is 0 Å². The van der Waals surface area contributed by atoms with E-state index < -0.39 is 23.6 Å². The van der Waals surface area contributed by atoms with Crippen molar-refractivity contribution < 1.29 is 13.6 Å². The first-order valence-electron chi connectivity index (χ1n) is 6.82. The number of carbonyl (C=O) groups is 1. The number of hydrogen-bond donors (Lipinski definition) is 2. The summed E-state index contributed by atoms with van der Waals surface area (Å²) >= 11 is 1.29. The third kappa shape index (κ3) is 4.70. The second-order valence-electron chi connectivity index (χ2n) is 5.19. The van der Waals surface area contributed by atoms with Crippen LogP contribution in [0, 0.1) is 17.6 Å². The normalized spacial score (nSPS) is 11.9. The highest BCUT2D eigenvalue weighted by Gasteiger charge is 2.23. The zero-order chi connectivity index (χ0) is 16.3. The minimum Gasteiger partial charge on any atom is -0.344 e. The molecule has 0 saturated carbocycles. The SMILES string of the molecule is CC(C)C(NC(=O)c1csc(CN)n1)c1ccc(F)cc1F.Cl. The van der Waals surface area contributed by atoms with Crippen LogP contribution in [0.2, 0.25) is 0 Å².